The number of rotatable bonds is 8. The van der Waals surface area contributed by atoms with E-state index in [1.165, 1.54) is 7.11 Å². The van der Waals surface area contributed by atoms with Crippen molar-refractivity contribution in [3.05, 3.63) is 58.2 Å². The van der Waals surface area contributed by atoms with E-state index in [1.54, 1.807) is 29.5 Å². The van der Waals surface area contributed by atoms with Crippen molar-refractivity contribution in [1.82, 2.24) is 9.88 Å². The number of hydrogen-bond acceptors (Lipinski definition) is 5. The molecule has 0 aliphatic carbocycles. The van der Waals surface area contributed by atoms with Gasteiger partial charge in [-0.2, -0.15) is 0 Å². The Labute approximate surface area is 207 Å². The number of pyridine rings is 1. The minimum Gasteiger partial charge on any atom is -0.497 e. The van der Waals surface area contributed by atoms with E-state index in [4.69, 9.17) is 4.74 Å². The van der Waals surface area contributed by atoms with E-state index in [1.807, 2.05) is 17.5 Å². The van der Waals surface area contributed by atoms with Crippen molar-refractivity contribution >= 4 is 28.2 Å². The smallest absolute Gasteiger partial charge is 0.303 e. The minimum atomic E-state index is -1.58. The van der Waals surface area contributed by atoms with Gasteiger partial charge in [0.2, 0.25) is 0 Å². The number of benzene rings is 1. The number of aliphatic carboxylic acids is 1. The molecule has 0 saturated carbocycles. The zero-order chi connectivity index (χ0) is 24.8. The number of piperidine rings is 1. The molecule has 0 bridgehead atoms. The molecule has 0 radical (unpaired) electrons. The van der Waals surface area contributed by atoms with E-state index < -0.39 is 23.4 Å². The summed E-state index contributed by atoms with van der Waals surface area (Å²) < 4.78 is 35.4. The number of hydrogen-bond donors (Lipinski definition) is 1. The van der Waals surface area contributed by atoms with Crippen molar-refractivity contribution in [2.24, 2.45) is 5.41 Å². The fourth-order valence-electron chi connectivity index (χ4n) is 4.80. The highest BCUT2D eigenvalue weighted by atomic mass is 32.1. The summed E-state index contributed by atoms with van der Waals surface area (Å²) in [5.41, 5.74) is -0.0760. The molecule has 5 nitrogen and oxygen atoms in total. The molecule has 0 spiro atoms. The number of fused-ring (bicyclic) bond motifs is 1. The van der Waals surface area contributed by atoms with Crippen LogP contribution in [-0.2, 0) is 4.79 Å². The third kappa shape index (κ3) is 6.16. The summed E-state index contributed by atoms with van der Waals surface area (Å²) in [5.74, 6) is 5.23. The number of carbonyl (C=O) groups is 1. The van der Waals surface area contributed by atoms with E-state index in [-0.39, 0.29) is 18.4 Å². The van der Waals surface area contributed by atoms with Crippen LogP contribution < -0.4 is 4.74 Å². The summed E-state index contributed by atoms with van der Waals surface area (Å²) in [5, 5.41) is 11.9. The maximum absolute atomic E-state index is 15.5. The molecule has 0 amide bonds. The van der Waals surface area contributed by atoms with Crippen LogP contribution in [0.1, 0.15) is 48.7 Å². The summed E-state index contributed by atoms with van der Waals surface area (Å²) in [6, 6.07) is 8.91. The number of aromatic nitrogens is 1. The van der Waals surface area contributed by atoms with Crippen LogP contribution in [0.4, 0.5) is 8.78 Å². The van der Waals surface area contributed by atoms with Crippen LogP contribution in [0.15, 0.2) is 41.9 Å². The van der Waals surface area contributed by atoms with Gasteiger partial charge >= 0.3 is 5.97 Å². The van der Waals surface area contributed by atoms with Crippen molar-refractivity contribution in [3.63, 3.8) is 0 Å². The van der Waals surface area contributed by atoms with Crippen LogP contribution >= 0.6 is 11.3 Å². The van der Waals surface area contributed by atoms with Crippen molar-refractivity contribution in [1.29, 1.82) is 0 Å². The van der Waals surface area contributed by atoms with E-state index in [0.29, 0.717) is 55.5 Å². The van der Waals surface area contributed by atoms with Crippen LogP contribution in [0, 0.1) is 23.1 Å². The standard InChI is InChI=1S/C27H28F2N2O3S/c1-34-19-6-7-24-21(16-19)26(23(29)18-30-24)22(28)8-9-27(17-25(32)33)10-13-31(14-11-27)12-2-4-20-5-3-15-35-20/h3,5-7,15-16,18,22H,8-14,17H2,1H3,(H,32,33). The molecule has 4 rings (SSSR count). The second-order valence-corrected chi connectivity index (χ2v) is 9.98. The van der Waals surface area contributed by atoms with Crippen LogP contribution in [-0.4, -0.2) is 47.7 Å². The lowest BCUT2D eigenvalue weighted by atomic mass is 9.71. The van der Waals surface area contributed by atoms with Gasteiger partial charge in [-0.25, -0.2) is 8.78 Å². The number of methoxy groups -OCH3 is 1. The molecule has 2 aromatic heterocycles. The molecule has 1 aliphatic heterocycles. The molecule has 3 aromatic rings. The molecule has 1 aliphatic rings. The summed E-state index contributed by atoms with van der Waals surface area (Å²) in [6.45, 7) is 2.02. The molecule has 1 atom stereocenters. The zero-order valence-electron chi connectivity index (χ0n) is 19.6. The second kappa shape index (κ2) is 11.1. The third-order valence-corrected chi connectivity index (χ3v) is 7.57. The van der Waals surface area contributed by atoms with Gasteiger partial charge in [-0.3, -0.25) is 14.7 Å². The fraction of sp³-hybridized carbons (Fsp3) is 0.407. The predicted molar refractivity (Wildman–Crippen MR) is 133 cm³/mol. The van der Waals surface area contributed by atoms with E-state index in [2.05, 4.69) is 21.7 Å². The molecule has 1 N–H and O–H groups in total. The Hall–Kier alpha value is -3.02. The minimum absolute atomic E-state index is 0.0260. The van der Waals surface area contributed by atoms with Crippen molar-refractivity contribution in [2.45, 2.75) is 38.3 Å². The monoisotopic (exact) mass is 498 g/mol. The zero-order valence-corrected chi connectivity index (χ0v) is 20.4. The normalized spacial score (nSPS) is 16.4. The summed E-state index contributed by atoms with van der Waals surface area (Å²) in [4.78, 5) is 18.9. The Balaban J connectivity index is 1.44. The number of thiophene rings is 1. The molecular weight excluding hydrogens is 470 g/mol. The first-order valence-corrected chi connectivity index (χ1v) is 12.5. The number of ether oxygens (including phenoxy) is 1. The third-order valence-electron chi connectivity index (χ3n) is 6.79. The van der Waals surface area contributed by atoms with Crippen molar-refractivity contribution in [2.75, 3.05) is 26.7 Å². The average molecular weight is 499 g/mol. The van der Waals surface area contributed by atoms with Crippen LogP contribution in [0.3, 0.4) is 0 Å². The summed E-state index contributed by atoms with van der Waals surface area (Å²) in [6.07, 6.45) is 1.12. The number of halogens is 2. The van der Waals surface area contributed by atoms with Crippen LogP contribution in [0.25, 0.3) is 10.9 Å². The molecular formula is C27H28F2N2O3S. The number of alkyl halides is 1. The van der Waals surface area contributed by atoms with Gasteiger partial charge in [0, 0.05) is 10.9 Å². The number of carboxylic acids is 1. The Bertz CT molecular complexity index is 1230. The molecule has 3 heterocycles. The van der Waals surface area contributed by atoms with Gasteiger partial charge in [-0.15, -0.1) is 11.3 Å². The first-order valence-electron chi connectivity index (χ1n) is 11.6. The van der Waals surface area contributed by atoms with Gasteiger partial charge in [-0.05, 0) is 73.8 Å². The average Bonchev–Trinajstić information content (AvgIpc) is 3.36. The quantitative estimate of drug-likeness (QED) is 0.395. The van der Waals surface area contributed by atoms with E-state index >= 15 is 4.39 Å². The van der Waals surface area contributed by atoms with Crippen molar-refractivity contribution in [3.8, 4) is 17.6 Å². The van der Waals surface area contributed by atoms with E-state index in [9.17, 15) is 14.3 Å². The summed E-state index contributed by atoms with van der Waals surface area (Å²) in [7, 11) is 1.50. The van der Waals surface area contributed by atoms with Crippen molar-refractivity contribution < 1.29 is 23.4 Å². The van der Waals surface area contributed by atoms with Gasteiger partial charge in [0.25, 0.3) is 0 Å². The van der Waals surface area contributed by atoms with Crippen LogP contribution in [0.2, 0.25) is 0 Å². The maximum Gasteiger partial charge on any atom is 0.303 e. The van der Waals surface area contributed by atoms with Gasteiger partial charge < -0.3 is 9.84 Å². The molecule has 1 unspecified atom stereocenters. The SMILES string of the molecule is COc1ccc2ncc(F)c(C(F)CCC3(CC(=O)O)CCN(CC#Cc4cccs4)CC3)c2c1. The lowest BCUT2D eigenvalue weighted by Crippen LogP contribution is -2.41. The van der Waals surface area contributed by atoms with Gasteiger partial charge in [0.05, 0.1) is 36.7 Å². The number of carboxylic acid groups (broad SMARTS) is 1. The molecule has 1 saturated heterocycles. The van der Waals surface area contributed by atoms with Gasteiger partial charge in [0.1, 0.15) is 17.7 Å². The van der Waals surface area contributed by atoms with E-state index in [0.717, 1.165) is 11.1 Å². The molecule has 1 aromatic carbocycles. The van der Waals surface area contributed by atoms with Gasteiger partial charge in [0.15, 0.2) is 0 Å². The van der Waals surface area contributed by atoms with Crippen LogP contribution in [0.5, 0.6) is 5.75 Å². The molecule has 184 valence electrons. The fourth-order valence-corrected chi connectivity index (χ4v) is 5.39. The maximum atomic E-state index is 15.5. The Kier molecular flexibility index (Phi) is 7.99. The Morgan fingerprint density at radius 2 is 2.14 bits per heavy atom. The highest BCUT2D eigenvalue weighted by molar-refractivity contribution is 7.10. The molecule has 35 heavy (non-hydrogen) atoms. The van der Waals surface area contributed by atoms with Gasteiger partial charge in [-0.1, -0.05) is 17.9 Å². The molecule has 1 fully saturated rings. The predicted octanol–water partition coefficient (Wildman–Crippen LogP) is 5.84. The topological polar surface area (TPSA) is 62.7 Å². The highest BCUT2D eigenvalue weighted by Crippen LogP contribution is 2.43. The first kappa shape index (κ1) is 25.1. The lowest BCUT2D eigenvalue weighted by Gasteiger charge is -2.41. The molecule has 8 heteroatoms. The first-order chi connectivity index (χ1) is 16.9. The highest BCUT2D eigenvalue weighted by Gasteiger charge is 2.37. The largest absolute Gasteiger partial charge is 0.497 e. The lowest BCUT2D eigenvalue weighted by molar-refractivity contribution is -0.141. The Morgan fingerprint density at radius 1 is 1.34 bits per heavy atom. The Morgan fingerprint density at radius 3 is 2.83 bits per heavy atom. The second-order valence-electron chi connectivity index (χ2n) is 9.03. The number of likely N-dealkylation sites (tertiary alicyclic amines) is 1. The summed E-state index contributed by atoms with van der Waals surface area (Å²) >= 11 is 1.60. The number of nitrogens with zero attached hydrogens (tertiary/aromatic N) is 2.